The van der Waals surface area contributed by atoms with Crippen LogP contribution in [0, 0.1) is 0 Å². The summed E-state index contributed by atoms with van der Waals surface area (Å²) in [6.45, 7) is 0. The number of benzene rings is 9. The van der Waals surface area contributed by atoms with E-state index in [1.807, 2.05) is 11.3 Å². The smallest absolute Gasteiger partial charge is 0.156 e. The van der Waals surface area contributed by atoms with E-state index in [2.05, 4.69) is 209 Å². The van der Waals surface area contributed by atoms with Crippen molar-refractivity contribution in [1.82, 2.24) is 14.0 Å². The normalized spacial score (nSPS) is 12.1. The zero-order chi connectivity index (χ0) is 38.6. The van der Waals surface area contributed by atoms with E-state index in [9.17, 15) is 0 Å². The van der Waals surface area contributed by atoms with Crippen LogP contribution in [0.2, 0.25) is 0 Å². The van der Waals surface area contributed by atoms with E-state index in [0.717, 1.165) is 27.9 Å². The van der Waals surface area contributed by atoms with Crippen LogP contribution in [0.5, 0.6) is 0 Å². The summed E-state index contributed by atoms with van der Waals surface area (Å²) in [6, 6.07) is 73.1. The van der Waals surface area contributed by atoms with Crippen LogP contribution in [-0.4, -0.2) is 14.0 Å². The standard InChI is InChI=1S/C55H33N3S/c1-2-13-42(14-3-1)57-49-17-9-8-16-44(49)45-28-27-41(31-51(45)57)36-20-18-34(19-21-36)35-22-24-38(25-23-35)50-33-47-46-29-26-37-10-6-7-15-43(37)53(46)59-54(47)55-56-48-30-39-11-4-5-12-40(39)32-52(48)58(50)55/h1-33H. The Balaban J connectivity index is 0.922. The molecule has 59 heavy (non-hydrogen) atoms. The summed E-state index contributed by atoms with van der Waals surface area (Å²) in [5.41, 5.74) is 13.8. The number of para-hydroxylation sites is 2. The molecular formula is C55H33N3S. The Morgan fingerprint density at radius 2 is 0.949 bits per heavy atom. The monoisotopic (exact) mass is 767 g/mol. The lowest BCUT2D eigenvalue weighted by Gasteiger charge is -2.11. The van der Waals surface area contributed by atoms with E-state index in [-0.39, 0.29) is 0 Å². The fourth-order valence-corrected chi connectivity index (χ4v) is 10.7. The second-order valence-electron chi connectivity index (χ2n) is 15.6. The van der Waals surface area contributed by atoms with Gasteiger partial charge in [0.1, 0.15) is 0 Å². The summed E-state index contributed by atoms with van der Waals surface area (Å²) in [6.07, 6.45) is 0. The second-order valence-corrected chi connectivity index (χ2v) is 16.6. The van der Waals surface area contributed by atoms with Gasteiger partial charge in [0.15, 0.2) is 5.65 Å². The molecule has 4 aromatic heterocycles. The molecule has 0 amide bonds. The van der Waals surface area contributed by atoms with Gasteiger partial charge in [-0.2, -0.15) is 0 Å². The van der Waals surface area contributed by atoms with Crippen molar-refractivity contribution < 1.29 is 0 Å². The first-order valence-electron chi connectivity index (χ1n) is 20.1. The number of nitrogens with zero attached hydrogens (tertiary/aromatic N) is 3. The van der Waals surface area contributed by atoms with Crippen LogP contribution < -0.4 is 0 Å². The third kappa shape index (κ3) is 4.91. The zero-order valence-corrected chi connectivity index (χ0v) is 32.6. The summed E-state index contributed by atoms with van der Waals surface area (Å²) in [4.78, 5) is 5.37. The van der Waals surface area contributed by atoms with Crippen molar-refractivity contribution >= 4 is 91.5 Å². The molecule has 0 aliphatic carbocycles. The van der Waals surface area contributed by atoms with Crippen LogP contribution in [0.15, 0.2) is 200 Å². The number of pyridine rings is 1. The lowest BCUT2D eigenvalue weighted by Crippen LogP contribution is -1.93. The van der Waals surface area contributed by atoms with Gasteiger partial charge in [0, 0.05) is 31.9 Å². The van der Waals surface area contributed by atoms with Crippen molar-refractivity contribution in [3.05, 3.63) is 200 Å². The lowest BCUT2D eigenvalue weighted by atomic mass is 9.98. The highest BCUT2D eigenvalue weighted by Crippen LogP contribution is 2.44. The van der Waals surface area contributed by atoms with E-state index in [4.69, 9.17) is 4.98 Å². The second kappa shape index (κ2) is 12.5. The highest BCUT2D eigenvalue weighted by atomic mass is 32.1. The van der Waals surface area contributed by atoms with Crippen LogP contribution in [0.1, 0.15) is 0 Å². The number of thiophene rings is 1. The van der Waals surface area contributed by atoms with Crippen molar-refractivity contribution in [2.45, 2.75) is 0 Å². The minimum atomic E-state index is 1.01. The molecular weight excluding hydrogens is 735 g/mol. The van der Waals surface area contributed by atoms with Crippen molar-refractivity contribution in [3.8, 4) is 39.2 Å². The predicted octanol–water partition coefficient (Wildman–Crippen LogP) is 15.3. The molecule has 0 fully saturated rings. The minimum absolute atomic E-state index is 1.01. The number of imidazole rings is 1. The number of rotatable bonds is 4. The third-order valence-corrected chi connectivity index (χ3v) is 13.5. The van der Waals surface area contributed by atoms with Crippen molar-refractivity contribution in [1.29, 1.82) is 0 Å². The lowest BCUT2D eigenvalue weighted by molar-refractivity contribution is 1.18. The molecule has 0 aliphatic rings. The minimum Gasteiger partial charge on any atom is -0.309 e. The van der Waals surface area contributed by atoms with Gasteiger partial charge in [-0.25, -0.2) is 4.98 Å². The average molecular weight is 768 g/mol. The maximum absolute atomic E-state index is 5.37. The molecule has 13 rings (SSSR count). The molecule has 4 heteroatoms. The Kier molecular flexibility index (Phi) is 6.89. The third-order valence-electron chi connectivity index (χ3n) is 12.3. The summed E-state index contributed by atoms with van der Waals surface area (Å²) >= 11 is 1.86. The Hall–Kier alpha value is -7.53. The Morgan fingerprint density at radius 3 is 1.73 bits per heavy atom. The number of hydrogen-bond donors (Lipinski definition) is 0. The summed E-state index contributed by atoms with van der Waals surface area (Å²) in [5, 5.41) is 10.0. The van der Waals surface area contributed by atoms with Crippen LogP contribution in [0.25, 0.3) is 119 Å². The van der Waals surface area contributed by atoms with Crippen LogP contribution >= 0.6 is 11.3 Å². The highest BCUT2D eigenvalue weighted by Gasteiger charge is 2.20. The van der Waals surface area contributed by atoms with Gasteiger partial charge >= 0.3 is 0 Å². The summed E-state index contributed by atoms with van der Waals surface area (Å²) < 4.78 is 7.30. The number of hydrogen-bond acceptors (Lipinski definition) is 2. The molecule has 0 atom stereocenters. The largest absolute Gasteiger partial charge is 0.309 e. The maximum atomic E-state index is 5.37. The van der Waals surface area contributed by atoms with E-state index in [1.54, 1.807) is 0 Å². The first-order valence-corrected chi connectivity index (χ1v) is 20.9. The van der Waals surface area contributed by atoms with E-state index in [1.165, 1.54) is 91.5 Å². The van der Waals surface area contributed by atoms with Gasteiger partial charge in [-0.1, -0.05) is 158 Å². The molecule has 0 radical (unpaired) electrons. The fourth-order valence-electron chi connectivity index (χ4n) is 9.42. The molecule has 0 aliphatic heterocycles. The average Bonchev–Trinajstić information content (AvgIpc) is 3.98. The molecule has 274 valence electrons. The summed E-state index contributed by atoms with van der Waals surface area (Å²) in [5.74, 6) is 0. The number of fused-ring (bicyclic) bond motifs is 13. The van der Waals surface area contributed by atoms with E-state index < -0.39 is 0 Å². The molecule has 4 heterocycles. The van der Waals surface area contributed by atoms with Crippen LogP contribution in [-0.2, 0) is 0 Å². The molecule has 0 N–H and O–H groups in total. The van der Waals surface area contributed by atoms with Gasteiger partial charge < -0.3 is 4.57 Å². The first kappa shape index (κ1) is 32.5. The van der Waals surface area contributed by atoms with E-state index >= 15 is 0 Å². The summed E-state index contributed by atoms with van der Waals surface area (Å²) in [7, 11) is 0. The fraction of sp³-hybridized carbons (Fsp3) is 0. The molecule has 0 saturated carbocycles. The molecule has 0 saturated heterocycles. The predicted molar refractivity (Wildman–Crippen MR) is 251 cm³/mol. The van der Waals surface area contributed by atoms with Gasteiger partial charge in [-0.3, -0.25) is 4.40 Å². The highest BCUT2D eigenvalue weighted by molar-refractivity contribution is 7.27. The van der Waals surface area contributed by atoms with Crippen molar-refractivity contribution in [3.63, 3.8) is 0 Å². The molecule has 0 unspecified atom stereocenters. The molecule has 3 nitrogen and oxygen atoms in total. The quantitative estimate of drug-likeness (QED) is 0.175. The van der Waals surface area contributed by atoms with Crippen LogP contribution in [0.4, 0.5) is 0 Å². The van der Waals surface area contributed by atoms with Gasteiger partial charge in [-0.15, -0.1) is 11.3 Å². The topological polar surface area (TPSA) is 22.2 Å². The van der Waals surface area contributed by atoms with E-state index in [0.29, 0.717) is 0 Å². The van der Waals surface area contributed by atoms with Crippen LogP contribution in [0.3, 0.4) is 0 Å². The Morgan fingerprint density at radius 1 is 0.356 bits per heavy atom. The molecule has 9 aromatic carbocycles. The maximum Gasteiger partial charge on any atom is 0.156 e. The van der Waals surface area contributed by atoms with Gasteiger partial charge in [-0.05, 0) is 91.8 Å². The van der Waals surface area contributed by atoms with Gasteiger partial charge in [0.25, 0.3) is 0 Å². The Bertz CT molecular complexity index is 3810. The molecule has 13 aromatic rings. The molecule has 0 spiro atoms. The zero-order valence-electron chi connectivity index (χ0n) is 31.8. The van der Waals surface area contributed by atoms with Crippen molar-refractivity contribution in [2.75, 3.05) is 0 Å². The molecule has 0 bridgehead atoms. The number of aromatic nitrogens is 3. The van der Waals surface area contributed by atoms with Crippen molar-refractivity contribution in [2.24, 2.45) is 0 Å². The first-order chi connectivity index (χ1) is 29.2. The Labute approximate surface area is 343 Å². The SMILES string of the molecule is c1ccc(-n2c3ccccc3c3ccc(-c4ccc(-c5ccc(-c6cc7c8ccc9ccccc9c8sc7c7nc8cc9ccccc9cc8n67)cc5)cc4)cc32)cc1. The van der Waals surface area contributed by atoms with Gasteiger partial charge in [0.2, 0.25) is 0 Å². The van der Waals surface area contributed by atoms with Gasteiger partial charge in [0.05, 0.1) is 32.5 Å².